The van der Waals surface area contributed by atoms with Gasteiger partial charge in [0.2, 0.25) is 0 Å². The van der Waals surface area contributed by atoms with Crippen LogP contribution in [0.4, 0.5) is 0 Å². The lowest BCUT2D eigenvalue weighted by Gasteiger charge is -2.26. The van der Waals surface area contributed by atoms with Gasteiger partial charge < -0.3 is 20.6 Å². The molecule has 5 nitrogen and oxygen atoms in total. The fraction of sp³-hybridized carbons (Fsp3) is 0.933. The fourth-order valence-electron chi connectivity index (χ4n) is 2.80. The molecule has 2 heterocycles. The SMILES string of the molecule is CCNC(=NCC1(O)CCSC1)NCCN1CCCCC1. The average Bonchev–Trinajstić information content (AvgIpc) is 2.93. The Morgan fingerprint density at radius 1 is 1.29 bits per heavy atom. The van der Waals surface area contributed by atoms with Crippen molar-refractivity contribution in [3.8, 4) is 0 Å². The molecule has 0 saturated carbocycles. The molecule has 2 saturated heterocycles. The first kappa shape index (κ1) is 16.9. The van der Waals surface area contributed by atoms with Gasteiger partial charge in [0.15, 0.2) is 5.96 Å². The third kappa shape index (κ3) is 6.04. The number of hydrogen-bond donors (Lipinski definition) is 3. The molecule has 2 aliphatic rings. The van der Waals surface area contributed by atoms with Crippen LogP contribution in [0.2, 0.25) is 0 Å². The first-order valence-electron chi connectivity index (χ1n) is 8.26. The molecule has 122 valence electrons. The van der Waals surface area contributed by atoms with E-state index in [9.17, 15) is 5.11 Å². The zero-order valence-corrected chi connectivity index (χ0v) is 14.1. The predicted molar refractivity (Wildman–Crippen MR) is 91.2 cm³/mol. The number of nitrogens with one attached hydrogen (secondary N) is 2. The van der Waals surface area contributed by atoms with E-state index in [0.29, 0.717) is 6.54 Å². The van der Waals surface area contributed by atoms with Gasteiger partial charge in [0.25, 0.3) is 0 Å². The monoisotopic (exact) mass is 314 g/mol. The van der Waals surface area contributed by atoms with E-state index in [2.05, 4.69) is 27.4 Å². The van der Waals surface area contributed by atoms with E-state index >= 15 is 0 Å². The van der Waals surface area contributed by atoms with Gasteiger partial charge >= 0.3 is 0 Å². The molecule has 0 aromatic carbocycles. The van der Waals surface area contributed by atoms with Crippen LogP contribution in [0, 0.1) is 0 Å². The quantitative estimate of drug-likeness (QED) is 0.502. The Balaban J connectivity index is 1.72. The minimum atomic E-state index is -0.597. The third-order valence-corrected chi connectivity index (χ3v) is 5.36. The number of aliphatic imine (C=N–C) groups is 1. The molecule has 2 fully saturated rings. The summed E-state index contributed by atoms with van der Waals surface area (Å²) in [5.41, 5.74) is -0.597. The summed E-state index contributed by atoms with van der Waals surface area (Å²) in [5, 5.41) is 17.0. The van der Waals surface area contributed by atoms with Gasteiger partial charge in [-0.25, -0.2) is 0 Å². The maximum Gasteiger partial charge on any atom is 0.191 e. The molecule has 0 amide bonds. The molecule has 2 aliphatic heterocycles. The molecular formula is C15H30N4OS. The van der Waals surface area contributed by atoms with Crippen molar-refractivity contribution in [3.63, 3.8) is 0 Å². The maximum absolute atomic E-state index is 10.3. The van der Waals surface area contributed by atoms with E-state index in [-0.39, 0.29) is 0 Å². The van der Waals surface area contributed by atoms with E-state index < -0.39 is 5.60 Å². The standard InChI is InChI=1S/C15H30N4OS/c1-2-16-14(18-12-15(20)6-11-21-13-15)17-7-10-19-8-4-3-5-9-19/h20H,2-13H2,1H3,(H2,16,17,18). The molecule has 1 unspecified atom stereocenters. The Hall–Kier alpha value is -0.460. The first-order chi connectivity index (χ1) is 10.2. The fourth-order valence-corrected chi connectivity index (χ4v) is 4.09. The Morgan fingerprint density at radius 2 is 2.10 bits per heavy atom. The number of aliphatic hydroxyl groups is 1. The van der Waals surface area contributed by atoms with Crippen LogP contribution in [0.5, 0.6) is 0 Å². The molecule has 21 heavy (non-hydrogen) atoms. The van der Waals surface area contributed by atoms with Crippen LogP contribution in [0.25, 0.3) is 0 Å². The molecule has 0 aromatic rings. The molecule has 0 bridgehead atoms. The van der Waals surface area contributed by atoms with Crippen LogP contribution in [0.3, 0.4) is 0 Å². The summed E-state index contributed by atoms with van der Waals surface area (Å²) in [6.07, 6.45) is 4.90. The van der Waals surface area contributed by atoms with Crippen molar-refractivity contribution in [1.82, 2.24) is 15.5 Å². The van der Waals surface area contributed by atoms with Gasteiger partial charge in [-0.15, -0.1) is 0 Å². The van der Waals surface area contributed by atoms with Gasteiger partial charge in [-0.1, -0.05) is 6.42 Å². The molecular weight excluding hydrogens is 284 g/mol. The minimum Gasteiger partial charge on any atom is -0.387 e. The molecule has 0 spiro atoms. The molecule has 0 radical (unpaired) electrons. The Morgan fingerprint density at radius 3 is 2.76 bits per heavy atom. The van der Waals surface area contributed by atoms with Crippen molar-refractivity contribution in [3.05, 3.63) is 0 Å². The van der Waals surface area contributed by atoms with Gasteiger partial charge in [0, 0.05) is 25.4 Å². The first-order valence-corrected chi connectivity index (χ1v) is 9.42. The normalized spacial score (nSPS) is 27.8. The van der Waals surface area contributed by atoms with E-state index in [1.165, 1.54) is 32.4 Å². The van der Waals surface area contributed by atoms with Crippen LogP contribution in [-0.4, -0.2) is 72.3 Å². The highest BCUT2D eigenvalue weighted by molar-refractivity contribution is 7.99. The van der Waals surface area contributed by atoms with Crippen LogP contribution in [-0.2, 0) is 0 Å². The predicted octanol–water partition coefficient (Wildman–Crippen LogP) is 0.895. The lowest BCUT2D eigenvalue weighted by atomic mass is 10.1. The van der Waals surface area contributed by atoms with Gasteiger partial charge in [-0.2, -0.15) is 11.8 Å². The Bertz CT molecular complexity index is 326. The van der Waals surface area contributed by atoms with Gasteiger partial charge in [0.1, 0.15) is 0 Å². The van der Waals surface area contributed by atoms with Crippen molar-refractivity contribution < 1.29 is 5.11 Å². The van der Waals surface area contributed by atoms with Crippen LogP contribution >= 0.6 is 11.8 Å². The summed E-state index contributed by atoms with van der Waals surface area (Å²) >= 11 is 1.82. The second kappa shape index (κ2) is 8.86. The van der Waals surface area contributed by atoms with E-state index in [1.807, 2.05) is 11.8 Å². The summed E-state index contributed by atoms with van der Waals surface area (Å²) in [6.45, 7) is 7.87. The molecule has 1 atom stereocenters. The maximum atomic E-state index is 10.3. The number of likely N-dealkylation sites (tertiary alicyclic amines) is 1. The van der Waals surface area contributed by atoms with Crippen molar-refractivity contribution in [2.75, 3.05) is 50.8 Å². The lowest BCUT2D eigenvalue weighted by Crippen LogP contribution is -2.43. The summed E-state index contributed by atoms with van der Waals surface area (Å²) < 4.78 is 0. The smallest absolute Gasteiger partial charge is 0.191 e. The van der Waals surface area contributed by atoms with Gasteiger partial charge in [0.05, 0.1) is 12.1 Å². The van der Waals surface area contributed by atoms with E-state index in [1.54, 1.807) is 0 Å². The molecule has 3 N–H and O–H groups in total. The minimum absolute atomic E-state index is 0.499. The van der Waals surface area contributed by atoms with Crippen molar-refractivity contribution >= 4 is 17.7 Å². The van der Waals surface area contributed by atoms with Crippen molar-refractivity contribution in [1.29, 1.82) is 0 Å². The summed E-state index contributed by atoms with van der Waals surface area (Å²) in [7, 11) is 0. The Kier molecular flexibility index (Phi) is 7.13. The van der Waals surface area contributed by atoms with Gasteiger partial charge in [-0.05, 0) is 45.0 Å². The topological polar surface area (TPSA) is 59.9 Å². The molecule has 6 heteroatoms. The number of thioether (sulfide) groups is 1. The zero-order chi connectivity index (χ0) is 15.0. The van der Waals surface area contributed by atoms with Crippen molar-refractivity contribution in [2.45, 2.75) is 38.2 Å². The zero-order valence-electron chi connectivity index (χ0n) is 13.2. The highest BCUT2D eigenvalue weighted by Gasteiger charge is 2.31. The van der Waals surface area contributed by atoms with E-state index in [4.69, 9.17) is 0 Å². The summed E-state index contributed by atoms with van der Waals surface area (Å²) in [5.74, 6) is 2.69. The highest BCUT2D eigenvalue weighted by Crippen LogP contribution is 2.27. The average molecular weight is 314 g/mol. The number of nitrogens with zero attached hydrogens (tertiary/aromatic N) is 2. The molecule has 0 aliphatic carbocycles. The number of hydrogen-bond acceptors (Lipinski definition) is 4. The van der Waals surface area contributed by atoms with Gasteiger partial charge in [-0.3, -0.25) is 4.99 Å². The number of guanidine groups is 1. The van der Waals surface area contributed by atoms with Crippen LogP contribution < -0.4 is 10.6 Å². The second-order valence-corrected chi connectivity index (χ2v) is 7.16. The summed E-state index contributed by atoms with van der Waals surface area (Å²) in [4.78, 5) is 7.08. The third-order valence-electron chi connectivity index (χ3n) is 4.13. The molecule has 2 rings (SSSR count). The highest BCUT2D eigenvalue weighted by atomic mass is 32.2. The second-order valence-electron chi connectivity index (χ2n) is 6.05. The largest absolute Gasteiger partial charge is 0.387 e. The van der Waals surface area contributed by atoms with Crippen molar-refractivity contribution in [2.24, 2.45) is 4.99 Å². The molecule has 0 aromatic heterocycles. The number of piperidine rings is 1. The van der Waals surface area contributed by atoms with Crippen LogP contribution in [0.1, 0.15) is 32.6 Å². The Labute approximate surface area is 133 Å². The van der Waals surface area contributed by atoms with E-state index in [0.717, 1.165) is 43.5 Å². The number of rotatable bonds is 6. The summed E-state index contributed by atoms with van der Waals surface area (Å²) in [6, 6.07) is 0. The van der Waals surface area contributed by atoms with Crippen LogP contribution in [0.15, 0.2) is 4.99 Å². The lowest BCUT2D eigenvalue weighted by molar-refractivity contribution is 0.0778.